The van der Waals surface area contributed by atoms with Gasteiger partial charge in [0.25, 0.3) is 0 Å². The van der Waals surface area contributed by atoms with E-state index in [0.717, 1.165) is 5.69 Å². The van der Waals surface area contributed by atoms with Crippen molar-refractivity contribution in [2.45, 2.75) is 27.3 Å². The summed E-state index contributed by atoms with van der Waals surface area (Å²) in [5, 5.41) is 9.38. The second kappa shape index (κ2) is 7.32. The third-order valence-electron chi connectivity index (χ3n) is 3.84. The molecule has 0 radical (unpaired) electrons. The van der Waals surface area contributed by atoms with Crippen LogP contribution in [0.3, 0.4) is 0 Å². The van der Waals surface area contributed by atoms with Crippen LogP contribution in [-0.2, 0) is 6.54 Å². The van der Waals surface area contributed by atoms with Crippen molar-refractivity contribution in [3.8, 4) is 17.2 Å². The number of halogens is 1. The maximum atomic E-state index is 14.1. The van der Waals surface area contributed by atoms with Crippen molar-refractivity contribution in [1.82, 2.24) is 9.88 Å². The van der Waals surface area contributed by atoms with Gasteiger partial charge in [-0.05, 0) is 32.2 Å². The molecule has 2 aromatic rings. The first-order valence-corrected chi connectivity index (χ1v) is 7.85. The standard InChI is InChI=1S/C18H25FN2O3/c1-12-16(9-21(4)10-18(2,3)11-22)20-17(24-12)14-8-13(23-5)6-7-15(14)19/h6-8,22H,9-11H2,1-5H3. The van der Waals surface area contributed by atoms with Gasteiger partial charge in [-0.25, -0.2) is 9.37 Å². The molecule has 0 bridgehead atoms. The summed E-state index contributed by atoms with van der Waals surface area (Å²) in [5.74, 6) is 1.04. The van der Waals surface area contributed by atoms with Gasteiger partial charge in [0.1, 0.15) is 17.3 Å². The first-order valence-electron chi connectivity index (χ1n) is 7.85. The largest absolute Gasteiger partial charge is 0.497 e. The molecular formula is C18H25FN2O3. The Hall–Kier alpha value is -1.92. The van der Waals surface area contributed by atoms with Crippen molar-refractivity contribution in [2.24, 2.45) is 5.41 Å². The predicted octanol–water partition coefficient (Wildman–Crippen LogP) is 3.25. The van der Waals surface area contributed by atoms with Crippen molar-refractivity contribution < 1.29 is 18.7 Å². The van der Waals surface area contributed by atoms with Crippen LogP contribution in [0.5, 0.6) is 5.75 Å². The summed E-state index contributed by atoms with van der Waals surface area (Å²) in [7, 11) is 3.48. The summed E-state index contributed by atoms with van der Waals surface area (Å²) in [4.78, 5) is 6.51. The first-order chi connectivity index (χ1) is 11.3. The molecule has 0 saturated carbocycles. The fourth-order valence-electron chi connectivity index (χ4n) is 2.58. The molecule has 1 N–H and O–H groups in total. The van der Waals surface area contributed by atoms with Gasteiger partial charge in [-0.2, -0.15) is 0 Å². The Morgan fingerprint density at radius 1 is 1.38 bits per heavy atom. The second-order valence-electron chi connectivity index (χ2n) is 6.86. The summed E-state index contributed by atoms with van der Waals surface area (Å²) in [6.07, 6.45) is 0. The molecular weight excluding hydrogens is 311 g/mol. The number of aliphatic hydroxyl groups is 1. The minimum absolute atomic E-state index is 0.107. The minimum Gasteiger partial charge on any atom is -0.497 e. The van der Waals surface area contributed by atoms with E-state index >= 15 is 0 Å². The average molecular weight is 336 g/mol. The lowest BCUT2D eigenvalue weighted by molar-refractivity contribution is 0.112. The molecule has 0 unspecified atom stereocenters. The highest BCUT2D eigenvalue weighted by Crippen LogP contribution is 2.28. The molecule has 1 heterocycles. The number of methoxy groups -OCH3 is 1. The summed E-state index contributed by atoms with van der Waals surface area (Å²) in [5.41, 5.74) is 0.833. The van der Waals surface area contributed by atoms with Gasteiger partial charge >= 0.3 is 0 Å². The van der Waals surface area contributed by atoms with E-state index in [2.05, 4.69) is 9.88 Å². The van der Waals surface area contributed by atoms with E-state index in [1.807, 2.05) is 27.8 Å². The van der Waals surface area contributed by atoms with Crippen molar-refractivity contribution in [2.75, 3.05) is 27.3 Å². The van der Waals surface area contributed by atoms with Crippen LogP contribution in [0.1, 0.15) is 25.3 Å². The van der Waals surface area contributed by atoms with E-state index in [1.54, 1.807) is 12.1 Å². The van der Waals surface area contributed by atoms with E-state index in [0.29, 0.717) is 24.6 Å². The fraction of sp³-hybridized carbons (Fsp3) is 0.500. The van der Waals surface area contributed by atoms with Crippen LogP contribution in [0, 0.1) is 18.2 Å². The second-order valence-corrected chi connectivity index (χ2v) is 6.86. The Kier molecular flexibility index (Phi) is 5.62. The van der Waals surface area contributed by atoms with E-state index in [4.69, 9.17) is 9.15 Å². The Morgan fingerprint density at radius 2 is 2.08 bits per heavy atom. The zero-order valence-electron chi connectivity index (χ0n) is 14.9. The van der Waals surface area contributed by atoms with Gasteiger partial charge in [0.05, 0.1) is 18.4 Å². The first kappa shape index (κ1) is 18.4. The van der Waals surface area contributed by atoms with E-state index in [9.17, 15) is 9.50 Å². The lowest BCUT2D eigenvalue weighted by Gasteiger charge is -2.27. The predicted molar refractivity (Wildman–Crippen MR) is 90.4 cm³/mol. The Morgan fingerprint density at radius 3 is 2.71 bits per heavy atom. The number of nitrogens with zero attached hydrogens (tertiary/aromatic N) is 2. The van der Waals surface area contributed by atoms with Gasteiger partial charge in [-0.15, -0.1) is 0 Å². The maximum Gasteiger partial charge on any atom is 0.229 e. The summed E-state index contributed by atoms with van der Waals surface area (Å²) < 4.78 is 24.9. The normalized spacial score (nSPS) is 12.0. The molecule has 2 rings (SSSR count). The Bertz CT molecular complexity index is 698. The number of aryl methyl sites for hydroxylation is 1. The van der Waals surface area contributed by atoms with Gasteiger partial charge in [0.15, 0.2) is 0 Å². The number of rotatable bonds is 7. The molecule has 0 aliphatic carbocycles. The number of oxazole rings is 1. The average Bonchev–Trinajstić information content (AvgIpc) is 2.88. The number of benzene rings is 1. The highest BCUT2D eigenvalue weighted by Gasteiger charge is 2.21. The van der Waals surface area contributed by atoms with Crippen LogP contribution in [0.25, 0.3) is 11.5 Å². The molecule has 0 aliphatic heterocycles. The molecule has 132 valence electrons. The molecule has 0 aliphatic rings. The van der Waals surface area contributed by atoms with Crippen LogP contribution in [0.2, 0.25) is 0 Å². The lowest BCUT2D eigenvalue weighted by atomic mass is 9.94. The zero-order valence-corrected chi connectivity index (χ0v) is 14.9. The van der Waals surface area contributed by atoms with Crippen LogP contribution >= 0.6 is 0 Å². The number of ether oxygens (including phenoxy) is 1. The van der Waals surface area contributed by atoms with Crippen molar-refractivity contribution in [3.05, 3.63) is 35.5 Å². The molecule has 1 aromatic carbocycles. The molecule has 1 aromatic heterocycles. The van der Waals surface area contributed by atoms with Crippen LogP contribution in [-0.4, -0.2) is 42.3 Å². The molecule has 24 heavy (non-hydrogen) atoms. The van der Waals surface area contributed by atoms with Gasteiger partial charge in [0, 0.05) is 25.1 Å². The monoisotopic (exact) mass is 336 g/mol. The fourth-order valence-corrected chi connectivity index (χ4v) is 2.58. The smallest absolute Gasteiger partial charge is 0.229 e. The summed E-state index contributed by atoms with van der Waals surface area (Å²) in [6, 6.07) is 4.46. The van der Waals surface area contributed by atoms with Crippen molar-refractivity contribution in [3.63, 3.8) is 0 Å². The Labute approximate surface area is 142 Å². The lowest BCUT2D eigenvalue weighted by Crippen LogP contribution is -2.33. The van der Waals surface area contributed by atoms with Gasteiger partial charge in [0.2, 0.25) is 5.89 Å². The molecule has 0 spiro atoms. The van der Waals surface area contributed by atoms with Gasteiger partial charge in [-0.3, -0.25) is 4.90 Å². The highest BCUT2D eigenvalue weighted by molar-refractivity contribution is 5.57. The van der Waals surface area contributed by atoms with E-state index < -0.39 is 5.82 Å². The topological polar surface area (TPSA) is 58.7 Å². The van der Waals surface area contributed by atoms with Crippen molar-refractivity contribution in [1.29, 1.82) is 0 Å². The van der Waals surface area contributed by atoms with Gasteiger partial charge < -0.3 is 14.3 Å². The molecule has 5 nitrogen and oxygen atoms in total. The number of aromatic nitrogens is 1. The molecule has 0 fully saturated rings. The van der Waals surface area contributed by atoms with Crippen LogP contribution in [0.15, 0.2) is 22.6 Å². The quantitative estimate of drug-likeness (QED) is 0.841. The molecule has 0 saturated heterocycles. The number of hydrogen-bond donors (Lipinski definition) is 1. The maximum absolute atomic E-state index is 14.1. The zero-order chi connectivity index (χ0) is 17.9. The number of hydrogen-bond acceptors (Lipinski definition) is 5. The highest BCUT2D eigenvalue weighted by atomic mass is 19.1. The van der Waals surface area contributed by atoms with Crippen LogP contribution in [0.4, 0.5) is 4.39 Å². The summed E-state index contributed by atoms with van der Waals surface area (Å²) >= 11 is 0. The van der Waals surface area contributed by atoms with Crippen LogP contribution < -0.4 is 4.74 Å². The Balaban J connectivity index is 2.21. The van der Waals surface area contributed by atoms with E-state index in [-0.39, 0.29) is 23.5 Å². The molecule has 0 amide bonds. The third kappa shape index (κ3) is 4.33. The number of aliphatic hydroxyl groups excluding tert-OH is 1. The third-order valence-corrected chi connectivity index (χ3v) is 3.84. The SMILES string of the molecule is COc1ccc(F)c(-c2nc(CN(C)CC(C)(C)CO)c(C)o2)c1. The summed E-state index contributed by atoms with van der Waals surface area (Å²) in [6.45, 7) is 7.18. The van der Waals surface area contributed by atoms with E-state index in [1.165, 1.54) is 13.2 Å². The van der Waals surface area contributed by atoms with Gasteiger partial charge in [-0.1, -0.05) is 13.8 Å². The van der Waals surface area contributed by atoms with Crippen molar-refractivity contribution >= 4 is 0 Å². The molecule has 6 heteroatoms. The minimum atomic E-state index is -0.404. The molecule has 0 atom stereocenters.